The van der Waals surface area contributed by atoms with Gasteiger partial charge in [0.05, 0.1) is 0 Å². The van der Waals surface area contributed by atoms with Gasteiger partial charge in [-0.3, -0.25) is 0 Å². The zero-order valence-electron chi connectivity index (χ0n) is 20.1. The van der Waals surface area contributed by atoms with E-state index in [1.807, 2.05) is 0 Å². The van der Waals surface area contributed by atoms with Crippen LogP contribution in [0.5, 0.6) is 0 Å². The van der Waals surface area contributed by atoms with Crippen molar-refractivity contribution in [2.45, 2.75) is 38.0 Å². The Morgan fingerprint density at radius 1 is 0.514 bits per heavy atom. The third kappa shape index (κ3) is 4.59. The third-order valence-electron chi connectivity index (χ3n) is 7.48. The normalized spacial score (nSPS) is 14.2. The Hall–Kier alpha value is -3.84. The van der Waals surface area contributed by atoms with E-state index in [4.69, 9.17) is 0 Å². The third-order valence-corrected chi connectivity index (χ3v) is 7.48. The molecule has 0 atom stereocenters. The van der Waals surface area contributed by atoms with E-state index in [-0.39, 0.29) is 0 Å². The van der Waals surface area contributed by atoms with Crippen LogP contribution in [-0.2, 0) is 0 Å². The van der Waals surface area contributed by atoms with Crippen molar-refractivity contribution in [1.29, 1.82) is 0 Å². The maximum Gasteiger partial charge on any atom is 0.0470 e. The monoisotopic (exact) mass is 453 g/mol. The highest BCUT2D eigenvalue weighted by Crippen LogP contribution is 2.38. The van der Waals surface area contributed by atoms with Gasteiger partial charge >= 0.3 is 0 Å². The molecule has 0 spiro atoms. The predicted molar refractivity (Wildman–Crippen MR) is 150 cm³/mol. The SMILES string of the molecule is c1ccc(-c2c(Nc3ccc(-c4ccc(C5CCCCC5)cc4)cc3)ccc3ccccc23)cc1. The summed E-state index contributed by atoms with van der Waals surface area (Å²) in [6.45, 7) is 0. The van der Waals surface area contributed by atoms with E-state index in [9.17, 15) is 0 Å². The molecule has 1 aliphatic carbocycles. The van der Waals surface area contributed by atoms with Gasteiger partial charge in [-0.1, -0.05) is 116 Å². The zero-order valence-corrected chi connectivity index (χ0v) is 20.1. The first kappa shape index (κ1) is 21.7. The zero-order chi connectivity index (χ0) is 23.5. The lowest BCUT2D eigenvalue weighted by Crippen LogP contribution is -2.04. The number of anilines is 2. The fourth-order valence-electron chi connectivity index (χ4n) is 5.58. The molecule has 1 aliphatic rings. The lowest BCUT2D eigenvalue weighted by atomic mass is 9.84. The van der Waals surface area contributed by atoms with Crippen molar-refractivity contribution in [3.63, 3.8) is 0 Å². The minimum Gasteiger partial charge on any atom is -0.355 e. The van der Waals surface area contributed by atoms with Crippen molar-refractivity contribution in [3.05, 3.63) is 121 Å². The Morgan fingerprint density at radius 2 is 1.17 bits per heavy atom. The van der Waals surface area contributed by atoms with E-state index in [1.165, 1.54) is 70.7 Å². The van der Waals surface area contributed by atoms with Gasteiger partial charge in [0.2, 0.25) is 0 Å². The second kappa shape index (κ2) is 9.80. The van der Waals surface area contributed by atoms with Crippen LogP contribution in [0, 0.1) is 0 Å². The predicted octanol–water partition coefficient (Wildman–Crippen LogP) is 9.97. The van der Waals surface area contributed by atoms with Gasteiger partial charge in [0.15, 0.2) is 0 Å². The Balaban J connectivity index is 1.27. The summed E-state index contributed by atoms with van der Waals surface area (Å²) in [5.41, 5.74) is 8.74. The van der Waals surface area contributed by atoms with Gasteiger partial charge in [-0.25, -0.2) is 0 Å². The molecule has 1 nitrogen and oxygen atoms in total. The maximum atomic E-state index is 3.69. The number of nitrogens with one attached hydrogen (secondary N) is 1. The lowest BCUT2D eigenvalue weighted by molar-refractivity contribution is 0.443. The molecule has 1 saturated carbocycles. The van der Waals surface area contributed by atoms with Crippen LogP contribution in [0.4, 0.5) is 11.4 Å². The average molecular weight is 454 g/mol. The largest absolute Gasteiger partial charge is 0.355 e. The second-order valence-electron chi connectivity index (χ2n) is 9.73. The van der Waals surface area contributed by atoms with E-state index >= 15 is 0 Å². The van der Waals surface area contributed by atoms with Crippen LogP contribution < -0.4 is 5.32 Å². The van der Waals surface area contributed by atoms with Crippen molar-refractivity contribution in [2.24, 2.45) is 0 Å². The Labute approximate surface area is 208 Å². The van der Waals surface area contributed by atoms with Gasteiger partial charge in [0.25, 0.3) is 0 Å². The summed E-state index contributed by atoms with van der Waals surface area (Å²) < 4.78 is 0. The average Bonchev–Trinajstić information content (AvgIpc) is 2.94. The van der Waals surface area contributed by atoms with Crippen LogP contribution in [0.25, 0.3) is 33.0 Å². The van der Waals surface area contributed by atoms with E-state index in [0.29, 0.717) is 0 Å². The van der Waals surface area contributed by atoms with Crippen molar-refractivity contribution in [1.82, 2.24) is 0 Å². The summed E-state index contributed by atoms with van der Waals surface area (Å²) in [5.74, 6) is 0.755. The quantitative estimate of drug-likeness (QED) is 0.279. The fraction of sp³-hybridized carbons (Fsp3) is 0.176. The maximum absolute atomic E-state index is 3.69. The summed E-state index contributed by atoms with van der Waals surface area (Å²) in [7, 11) is 0. The number of hydrogen-bond acceptors (Lipinski definition) is 1. The molecule has 0 saturated heterocycles. The van der Waals surface area contributed by atoms with Crippen LogP contribution in [0.15, 0.2) is 115 Å². The molecule has 6 rings (SSSR count). The number of rotatable bonds is 5. The molecule has 1 fully saturated rings. The number of fused-ring (bicyclic) bond motifs is 1. The van der Waals surface area contributed by atoms with Crippen LogP contribution in [0.2, 0.25) is 0 Å². The van der Waals surface area contributed by atoms with Gasteiger partial charge in [-0.15, -0.1) is 0 Å². The van der Waals surface area contributed by atoms with Gasteiger partial charge in [-0.2, -0.15) is 0 Å². The van der Waals surface area contributed by atoms with Crippen LogP contribution in [-0.4, -0.2) is 0 Å². The van der Waals surface area contributed by atoms with Crippen molar-refractivity contribution in [3.8, 4) is 22.3 Å². The van der Waals surface area contributed by atoms with E-state index in [1.54, 1.807) is 0 Å². The molecule has 0 heterocycles. The van der Waals surface area contributed by atoms with Crippen molar-refractivity contribution < 1.29 is 0 Å². The highest BCUT2D eigenvalue weighted by molar-refractivity contribution is 6.03. The summed E-state index contributed by atoms with van der Waals surface area (Å²) in [5, 5.41) is 6.21. The van der Waals surface area contributed by atoms with Gasteiger partial charge in [0.1, 0.15) is 0 Å². The van der Waals surface area contributed by atoms with E-state index < -0.39 is 0 Å². The molecule has 35 heavy (non-hydrogen) atoms. The highest BCUT2D eigenvalue weighted by Gasteiger charge is 2.15. The molecule has 0 unspecified atom stereocenters. The summed E-state index contributed by atoms with van der Waals surface area (Å²) in [6.07, 6.45) is 6.86. The smallest absolute Gasteiger partial charge is 0.0470 e. The molecule has 0 radical (unpaired) electrons. The van der Waals surface area contributed by atoms with Crippen LogP contribution in [0.3, 0.4) is 0 Å². The number of hydrogen-bond donors (Lipinski definition) is 1. The highest BCUT2D eigenvalue weighted by atomic mass is 14.9. The Bertz CT molecular complexity index is 1410. The van der Waals surface area contributed by atoms with Crippen molar-refractivity contribution >= 4 is 22.1 Å². The summed E-state index contributed by atoms with van der Waals surface area (Å²) in [4.78, 5) is 0. The van der Waals surface area contributed by atoms with E-state index in [2.05, 4.69) is 121 Å². The molecule has 0 amide bonds. The first-order valence-corrected chi connectivity index (χ1v) is 12.9. The first-order chi connectivity index (χ1) is 17.3. The Morgan fingerprint density at radius 3 is 1.91 bits per heavy atom. The molecular weight excluding hydrogens is 422 g/mol. The molecule has 5 aromatic rings. The fourth-order valence-corrected chi connectivity index (χ4v) is 5.58. The van der Waals surface area contributed by atoms with Gasteiger partial charge in [0, 0.05) is 16.9 Å². The lowest BCUT2D eigenvalue weighted by Gasteiger charge is -2.22. The summed E-state index contributed by atoms with van der Waals surface area (Å²) in [6, 6.07) is 41.8. The van der Waals surface area contributed by atoms with Gasteiger partial charge in [-0.05, 0) is 70.0 Å². The van der Waals surface area contributed by atoms with Gasteiger partial charge < -0.3 is 5.32 Å². The molecule has 0 aromatic heterocycles. The van der Waals surface area contributed by atoms with E-state index in [0.717, 1.165) is 17.3 Å². The summed E-state index contributed by atoms with van der Waals surface area (Å²) >= 11 is 0. The first-order valence-electron chi connectivity index (χ1n) is 12.9. The van der Waals surface area contributed by atoms with Crippen molar-refractivity contribution in [2.75, 3.05) is 5.32 Å². The minimum absolute atomic E-state index is 0.755. The molecule has 1 heteroatoms. The minimum atomic E-state index is 0.755. The molecule has 5 aromatic carbocycles. The molecule has 172 valence electrons. The van der Waals surface area contributed by atoms with Crippen LogP contribution in [0.1, 0.15) is 43.6 Å². The standard InChI is InChI=1S/C34H31N/c1-3-9-25(10-4-1)26-15-17-27(18-16-26)28-19-22-31(23-20-28)35-33-24-21-29-11-7-8-14-32(29)34(33)30-12-5-2-6-13-30/h2,5-8,11-25,35H,1,3-4,9-10H2. The second-order valence-corrected chi connectivity index (χ2v) is 9.73. The molecule has 1 N–H and O–H groups in total. The van der Waals surface area contributed by atoms with Crippen LogP contribution >= 0.6 is 0 Å². The topological polar surface area (TPSA) is 12.0 Å². The molecule has 0 bridgehead atoms. The molecular formula is C34H31N. The number of benzene rings is 5. The molecule has 0 aliphatic heterocycles. The Kier molecular flexibility index (Phi) is 6.07.